The Kier molecular flexibility index (Phi) is 4.34. The summed E-state index contributed by atoms with van der Waals surface area (Å²) < 4.78 is 4.97. The molecule has 2 N–H and O–H groups in total. The molecule has 6 nitrogen and oxygen atoms in total. The van der Waals surface area contributed by atoms with Crippen LogP contribution < -0.4 is 10.6 Å². The summed E-state index contributed by atoms with van der Waals surface area (Å²) in [7, 11) is 0. The first-order valence-corrected chi connectivity index (χ1v) is 6.55. The first-order valence-electron chi connectivity index (χ1n) is 6.55. The zero-order valence-corrected chi connectivity index (χ0v) is 11.9. The van der Waals surface area contributed by atoms with Gasteiger partial charge in [-0.15, -0.1) is 0 Å². The molecule has 2 aromatic heterocycles. The van der Waals surface area contributed by atoms with Crippen LogP contribution in [0.4, 0.5) is 11.7 Å². The number of carbonyl (C=O) groups is 1. The van der Waals surface area contributed by atoms with Gasteiger partial charge in [0.2, 0.25) is 5.88 Å². The second-order valence-corrected chi connectivity index (χ2v) is 4.60. The number of amides is 1. The molecule has 106 valence electrons. The maximum absolute atomic E-state index is 12.1. The summed E-state index contributed by atoms with van der Waals surface area (Å²) in [5.41, 5.74) is 2.03. The number of hydrogen-bond donors (Lipinski definition) is 2. The minimum Gasteiger partial charge on any atom is -0.370 e. The molecule has 20 heavy (non-hydrogen) atoms. The Labute approximate surface area is 117 Å². The number of aromatic nitrogens is 2. The lowest BCUT2D eigenvalue weighted by Crippen LogP contribution is -2.13. The van der Waals surface area contributed by atoms with E-state index >= 15 is 0 Å². The number of pyridine rings is 1. The van der Waals surface area contributed by atoms with Gasteiger partial charge in [-0.25, -0.2) is 4.98 Å². The van der Waals surface area contributed by atoms with Gasteiger partial charge in [0.15, 0.2) is 0 Å². The predicted octanol–water partition coefficient (Wildman–Crippen LogP) is 2.76. The molecule has 2 rings (SSSR count). The largest absolute Gasteiger partial charge is 0.370 e. The third-order valence-electron chi connectivity index (χ3n) is 2.64. The molecule has 0 aromatic carbocycles. The second-order valence-electron chi connectivity index (χ2n) is 4.60. The van der Waals surface area contributed by atoms with Gasteiger partial charge in [-0.1, -0.05) is 12.1 Å². The highest BCUT2D eigenvalue weighted by molar-refractivity contribution is 6.04. The van der Waals surface area contributed by atoms with E-state index in [0.29, 0.717) is 17.3 Å². The fraction of sp³-hybridized carbons (Fsp3) is 0.357. The maximum Gasteiger partial charge on any atom is 0.258 e. The molecule has 0 saturated heterocycles. The van der Waals surface area contributed by atoms with Crippen LogP contribution in [0.1, 0.15) is 35.1 Å². The van der Waals surface area contributed by atoms with Gasteiger partial charge in [-0.2, -0.15) is 0 Å². The Bertz CT molecular complexity index is 607. The average Bonchev–Trinajstić information content (AvgIpc) is 2.81. The minimum absolute atomic E-state index is 0.244. The molecule has 0 spiro atoms. The van der Waals surface area contributed by atoms with Crippen LogP contribution >= 0.6 is 0 Å². The van der Waals surface area contributed by atoms with Crippen LogP contribution in [0.5, 0.6) is 0 Å². The molecular formula is C14H18N4O2. The molecular weight excluding hydrogens is 256 g/mol. The zero-order chi connectivity index (χ0) is 14.5. The van der Waals surface area contributed by atoms with E-state index in [1.54, 1.807) is 25.1 Å². The van der Waals surface area contributed by atoms with E-state index in [9.17, 15) is 4.79 Å². The van der Waals surface area contributed by atoms with Gasteiger partial charge in [0.1, 0.15) is 5.82 Å². The van der Waals surface area contributed by atoms with E-state index in [0.717, 1.165) is 24.4 Å². The van der Waals surface area contributed by atoms with E-state index < -0.39 is 0 Å². The number of hydrogen-bond acceptors (Lipinski definition) is 5. The second kappa shape index (κ2) is 6.18. The summed E-state index contributed by atoms with van der Waals surface area (Å²) in [6, 6.07) is 5.12. The Morgan fingerprint density at radius 1 is 1.25 bits per heavy atom. The Hall–Kier alpha value is -2.37. The summed E-state index contributed by atoms with van der Waals surface area (Å²) in [4.78, 5) is 16.5. The first-order chi connectivity index (χ1) is 9.58. The molecule has 0 bridgehead atoms. The average molecular weight is 274 g/mol. The number of nitrogens with zero attached hydrogens (tertiary/aromatic N) is 2. The van der Waals surface area contributed by atoms with Crippen molar-refractivity contribution in [2.45, 2.75) is 27.2 Å². The number of aryl methyl sites for hydroxylation is 2. The maximum atomic E-state index is 12.1. The molecule has 0 saturated carbocycles. The van der Waals surface area contributed by atoms with Gasteiger partial charge in [0.25, 0.3) is 5.91 Å². The molecule has 2 heterocycles. The van der Waals surface area contributed by atoms with Crippen LogP contribution in [0, 0.1) is 13.8 Å². The number of nitrogens with one attached hydrogen (secondary N) is 2. The van der Waals surface area contributed by atoms with Gasteiger partial charge in [0.05, 0.1) is 5.69 Å². The molecule has 0 radical (unpaired) electrons. The van der Waals surface area contributed by atoms with Crippen molar-refractivity contribution in [3.05, 3.63) is 35.2 Å². The van der Waals surface area contributed by atoms with Crippen LogP contribution in [0.25, 0.3) is 0 Å². The fourth-order valence-corrected chi connectivity index (χ4v) is 1.75. The lowest BCUT2D eigenvalue weighted by molar-refractivity contribution is 0.102. The van der Waals surface area contributed by atoms with Gasteiger partial charge in [0, 0.05) is 23.9 Å². The number of anilines is 2. The van der Waals surface area contributed by atoms with Crippen molar-refractivity contribution in [1.82, 2.24) is 10.1 Å². The van der Waals surface area contributed by atoms with Gasteiger partial charge >= 0.3 is 0 Å². The van der Waals surface area contributed by atoms with Crippen molar-refractivity contribution in [2.24, 2.45) is 0 Å². The number of carbonyl (C=O) groups excluding carboxylic acids is 1. The standard InChI is InChI=1S/C14H18N4O2/c1-4-5-15-12-8-11(6-9(2)16-12)14(19)17-13-7-10(3)18-20-13/h6-8H,4-5H2,1-3H3,(H,15,16)(H,17,19). The van der Waals surface area contributed by atoms with E-state index in [1.807, 2.05) is 6.92 Å². The van der Waals surface area contributed by atoms with Crippen molar-refractivity contribution in [3.8, 4) is 0 Å². The minimum atomic E-state index is -0.244. The summed E-state index contributed by atoms with van der Waals surface area (Å²) in [5.74, 6) is 0.794. The molecule has 6 heteroatoms. The van der Waals surface area contributed by atoms with Gasteiger partial charge in [-0.05, 0) is 32.4 Å². The summed E-state index contributed by atoms with van der Waals surface area (Å²) >= 11 is 0. The molecule has 0 aliphatic heterocycles. The van der Waals surface area contributed by atoms with Crippen molar-refractivity contribution in [3.63, 3.8) is 0 Å². The van der Waals surface area contributed by atoms with E-state index in [1.165, 1.54) is 0 Å². The number of rotatable bonds is 5. The normalized spacial score (nSPS) is 10.3. The van der Waals surface area contributed by atoms with Crippen molar-refractivity contribution < 1.29 is 9.32 Å². The lowest BCUT2D eigenvalue weighted by atomic mass is 10.2. The van der Waals surface area contributed by atoms with Crippen molar-refractivity contribution in [2.75, 3.05) is 17.2 Å². The molecule has 1 amide bonds. The van der Waals surface area contributed by atoms with Gasteiger partial charge < -0.3 is 9.84 Å². The topological polar surface area (TPSA) is 80.0 Å². The molecule has 2 aromatic rings. The lowest BCUT2D eigenvalue weighted by Gasteiger charge is -2.08. The highest BCUT2D eigenvalue weighted by Crippen LogP contribution is 2.14. The zero-order valence-electron chi connectivity index (χ0n) is 11.9. The molecule has 0 aliphatic rings. The fourth-order valence-electron chi connectivity index (χ4n) is 1.75. The highest BCUT2D eigenvalue weighted by atomic mass is 16.5. The Morgan fingerprint density at radius 2 is 2.05 bits per heavy atom. The van der Waals surface area contributed by atoms with E-state index in [4.69, 9.17) is 4.52 Å². The first kappa shape index (κ1) is 14.0. The van der Waals surface area contributed by atoms with Crippen LogP contribution in [0.15, 0.2) is 22.7 Å². The summed E-state index contributed by atoms with van der Waals surface area (Å²) in [6.07, 6.45) is 0.995. The van der Waals surface area contributed by atoms with Crippen LogP contribution in [0.2, 0.25) is 0 Å². The van der Waals surface area contributed by atoms with Crippen molar-refractivity contribution >= 4 is 17.6 Å². The Morgan fingerprint density at radius 3 is 2.70 bits per heavy atom. The molecule has 0 unspecified atom stereocenters. The Balaban J connectivity index is 2.14. The molecule has 0 aliphatic carbocycles. The van der Waals surface area contributed by atoms with Crippen molar-refractivity contribution in [1.29, 1.82) is 0 Å². The third kappa shape index (κ3) is 3.57. The highest BCUT2D eigenvalue weighted by Gasteiger charge is 2.11. The third-order valence-corrected chi connectivity index (χ3v) is 2.64. The predicted molar refractivity (Wildman–Crippen MR) is 76.9 cm³/mol. The quantitative estimate of drug-likeness (QED) is 0.876. The molecule has 0 atom stereocenters. The monoisotopic (exact) mass is 274 g/mol. The van der Waals surface area contributed by atoms with E-state index in [-0.39, 0.29) is 5.91 Å². The van der Waals surface area contributed by atoms with Crippen LogP contribution in [0.3, 0.4) is 0 Å². The van der Waals surface area contributed by atoms with E-state index in [2.05, 4.69) is 27.7 Å². The molecule has 0 fully saturated rings. The van der Waals surface area contributed by atoms with Crippen LogP contribution in [-0.2, 0) is 0 Å². The van der Waals surface area contributed by atoms with Crippen LogP contribution in [-0.4, -0.2) is 22.6 Å². The smallest absolute Gasteiger partial charge is 0.258 e. The summed E-state index contributed by atoms with van der Waals surface area (Å²) in [6.45, 7) is 6.54. The summed E-state index contributed by atoms with van der Waals surface area (Å²) in [5, 5.41) is 9.56. The SMILES string of the molecule is CCCNc1cc(C(=O)Nc2cc(C)no2)cc(C)n1. The van der Waals surface area contributed by atoms with Gasteiger partial charge in [-0.3, -0.25) is 10.1 Å².